The van der Waals surface area contributed by atoms with Gasteiger partial charge in [-0.1, -0.05) is 29.8 Å². The fourth-order valence-corrected chi connectivity index (χ4v) is 14.0. The van der Waals surface area contributed by atoms with Crippen molar-refractivity contribution < 1.29 is 77.3 Å². The molecule has 3 fully saturated rings. The van der Waals surface area contributed by atoms with E-state index in [1.807, 2.05) is 39.0 Å². The van der Waals surface area contributed by atoms with Crippen molar-refractivity contribution >= 4 is 59.0 Å². The number of anilines is 3. The predicted octanol–water partition coefficient (Wildman–Crippen LogP) is 8.70. The van der Waals surface area contributed by atoms with E-state index in [-0.39, 0.29) is 122 Å². The molecule has 114 heavy (non-hydrogen) atoms. The van der Waals surface area contributed by atoms with Crippen LogP contribution < -0.4 is 20.0 Å². The Morgan fingerprint density at radius 2 is 0.912 bits per heavy atom. The monoisotopic (exact) mass is 1580 g/mol. The zero-order valence-corrected chi connectivity index (χ0v) is 63.4. The Bertz CT molecular complexity index is 5300. The number of H-pyrrole nitrogens is 1. The highest BCUT2D eigenvalue weighted by Crippen LogP contribution is 2.39. The van der Waals surface area contributed by atoms with Crippen molar-refractivity contribution in [2.45, 2.75) is 148 Å². The molecule has 8 N–H and O–H groups in total. The number of ether oxygens (including phenoxy) is 2. The van der Waals surface area contributed by atoms with Crippen LogP contribution in [0.2, 0.25) is 5.02 Å². The molecule has 0 bridgehead atoms. The number of carbonyl (C=O) groups is 5. The summed E-state index contributed by atoms with van der Waals surface area (Å²) in [6, 6.07) is 28.0. The number of aromatic nitrogens is 9. The van der Waals surface area contributed by atoms with E-state index in [0.29, 0.717) is 80.3 Å². The summed E-state index contributed by atoms with van der Waals surface area (Å²) in [4.78, 5) is 84.6. The Morgan fingerprint density at radius 1 is 0.518 bits per heavy atom. The second-order valence-electron chi connectivity index (χ2n) is 29.6. The number of amides is 5. The Labute approximate surface area is 656 Å². The van der Waals surface area contributed by atoms with Crippen molar-refractivity contribution in [3.63, 3.8) is 0 Å². The number of nitriles is 3. The van der Waals surface area contributed by atoms with Crippen LogP contribution in [0, 0.1) is 51.4 Å². The third-order valence-corrected chi connectivity index (χ3v) is 19.5. The van der Waals surface area contributed by atoms with Gasteiger partial charge in [-0.2, -0.15) is 31.1 Å². The molecule has 592 valence electrons. The molecule has 3 saturated heterocycles. The Morgan fingerprint density at radius 3 is 1.33 bits per heavy atom. The first kappa shape index (κ1) is 81.3. The number of hydrogen-bond acceptors (Lipinski definition) is 25. The summed E-state index contributed by atoms with van der Waals surface area (Å²) in [6.07, 6.45) is 2.48. The molecule has 0 unspecified atom stereocenters. The number of β-amino-alcohol motifs (C(OH)–C–C–N with tert-alkyl or cyclic N) is 3. The lowest BCUT2D eigenvalue weighted by molar-refractivity contribution is 0.0230. The van der Waals surface area contributed by atoms with E-state index in [9.17, 15) is 79.2 Å². The number of pyridine rings is 3. The average Bonchev–Trinajstić information content (AvgIpc) is 1.55. The van der Waals surface area contributed by atoms with Crippen molar-refractivity contribution in [3.05, 3.63) is 183 Å². The smallest absolute Gasteiger partial charge is 0.417 e. The molecule has 0 spiro atoms. The predicted molar refractivity (Wildman–Crippen MR) is 405 cm³/mol. The van der Waals surface area contributed by atoms with Gasteiger partial charge >= 0.3 is 12.2 Å². The number of carbonyl (C=O) groups excluding carboxylic acids is 5. The third kappa shape index (κ3) is 17.8. The molecule has 6 aliphatic rings. The van der Waals surface area contributed by atoms with Crippen molar-refractivity contribution in [1.29, 1.82) is 15.8 Å². The number of fused-ring (bicyclic) bond motifs is 3. The van der Waals surface area contributed by atoms with Crippen molar-refractivity contribution in [1.82, 2.24) is 59.8 Å². The number of imide groups is 2. The number of aliphatic hydroxyl groups is 6. The Kier molecular flexibility index (Phi) is 24.3. The summed E-state index contributed by atoms with van der Waals surface area (Å²) >= 11 is 6.23. The van der Waals surface area contributed by atoms with Crippen LogP contribution >= 0.6 is 11.6 Å². The summed E-state index contributed by atoms with van der Waals surface area (Å²) in [7, 11) is 0. The van der Waals surface area contributed by atoms with E-state index >= 15 is 4.39 Å². The molecule has 35 heteroatoms. The van der Waals surface area contributed by atoms with Crippen LogP contribution in [0.1, 0.15) is 145 Å². The van der Waals surface area contributed by atoms with Crippen LogP contribution in [-0.4, -0.2) is 202 Å². The molecule has 12 heterocycles. The van der Waals surface area contributed by atoms with Gasteiger partial charge in [0.05, 0.1) is 181 Å². The van der Waals surface area contributed by atoms with Gasteiger partial charge in [-0.3, -0.25) is 19.5 Å². The molecule has 0 aliphatic carbocycles. The van der Waals surface area contributed by atoms with Gasteiger partial charge in [0.2, 0.25) is 0 Å². The van der Waals surface area contributed by atoms with Crippen LogP contribution in [-0.2, 0) is 29.1 Å². The zero-order chi connectivity index (χ0) is 81.8. The molecule has 15 rings (SSSR count). The van der Waals surface area contributed by atoms with Gasteiger partial charge in [0.15, 0.2) is 11.6 Å². The van der Waals surface area contributed by atoms with Gasteiger partial charge in [0.1, 0.15) is 34.5 Å². The van der Waals surface area contributed by atoms with Gasteiger partial charge in [-0.25, -0.2) is 56.9 Å². The van der Waals surface area contributed by atoms with E-state index < -0.39 is 89.3 Å². The highest BCUT2D eigenvalue weighted by atomic mass is 35.5. The summed E-state index contributed by atoms with van der Waals surface area (Å²) in [5, 5.41) is 107. The van der Waals surface area contributed by atoms with E-state index in [1.165, 1.54) is 76.1 Å². The van der Waals surface area contributed by atoms with Crippen LogP contribution in [0.3, 0.4) is 0 Å². The normalized spacial score (nSPS) is 19.3. The molecule has 0 saturated carbocycles. The summed E-state index contributed by atoms with van der Waals surface area (Å²) in [6.45, 7) is 12.8. The molecule has 9 aromatic rings. The molecule has 31 nitrogen and oxygen atoms in total. The number of aliphatic hydroxyl groups excluding tert-OH is 6. The van der Waals surface area contributed by atoms with E-state index in [2.05, 4.69) is 40.7 Å². The lowest BCUT2D eigenvalue weighted by Crippen LogP contribution is -2.37. The largest absolute Gasteiger partial charge is 0.443 e. The second kappa shape index (κ2) is 34.0. The van der Waals surface area contributed by atoms with Crippen LogP contribution in [0.5, 0.6) is 0 Å². The second-order valence-corrected chi connectivity index (χ2v) is 30.0. The molecular weight excluding hydrogens is 1500 g/mol. The highest BCUT2D eigenvalue weighted by molar-refractivity contribution is 6.35. The van der Waals surface area contributed by atoms with E-state index in [4.69, 9.17) is 21.1 Å². The maximum absolute atomic E-state index is 15.0. The lowest BCUT2D eigenvalue weighted by Gasteiger charge is -2.23. The average molecular weight is 1580 g/mol. The number of aromatic amines is 1. The first-order chi connectivity index (χ1) is 54.3. The lowest BCUT2D eigenvalue weighted by atomic mass is 10.0. The first-order valence-corrected chi connectivity index (χ1v) is 36.9. The number of hydrogen-bond donors (Lipinski definition) is 8. The summed E-state index contributed by atoms with van der Waals surface area (Å²) in [5.41, 5.74) is 1.22. The summed E-state index contributed by atoms with van der Waals surface area (Å²) < 4.78 is 57.6. The van der Waals surface area contributed by atoms with Gasteiger partial charge < -0.3 is 60.1 Å². The number of benzene rings is 3. The van der Waals surface area contributed by atoms with Crippen molar-refractivity contribution in [3.8, 4) is 63.4 Å². The van der Waals surface area contributed by atoms with Crippen molar-refractivity contribution in [2.24, 2.45) is 0 Å². The van der Waals surface area contributed by atoms with E-state index in [1.54, 1.807) is 78.3 Å². The number of rotatable bonds is 8. The zero-order valence-electron chi connectivity index (χ0n) is 62.7. The minimum absolute atomic E-state index is 0.00660. The fourth-order valence-electron chi connectivity index (χ4n) is 13.7. The Hall–Kier alpha value is -12.2. The molecule has 6 aromatic heterocycles. The minimum atomic E-state index is -0.946. The minimum Gasteiger partial charge on any atom is -0.443 e. The topological polar surface area (TPSA) is 428 Å². The first-order valence-electron chi connectivity index (χ1n) is 36.5. The van der Waals surface area contributed by atoms with E-state index in [0.717, 1.165) is 28.6 Å². The van der Waals surface area contributed by atoms with Crippen LogP contribution in [0.25, 0.3) is 45.1 Å². The Balaban J connectivity index is 0.000000148. The number of halogens is 4. The summed E-state index contributed by atoms with van der Waals surface area (Å²) in [5.74, 6) is -1.47. The van der Waals surface area contributed by atoms with Gasteiger partial charge in [0.25, 0.3) is 17.7 Å². The van der Waals surface area contributed by atoms with Crippen LogP contribution in [0.15, 0.2) is 110 Å². The molecular formula is C79H80ClF3N18O13. The quantitative estimate of drug-likeness (QED) is 0.0704. The molecule has 6 atom stereocenters. The fraction of sp³-hybridized carbons (Fsp3) is 0.367. The maximum atomic E-state index is 15.0. The number of nitrogens with zero attached hydrogens (tertiary/aromatic N) is 16. The molecule has 3 aromatic carbocycles. The molecule has 0 radical (unpaired) electrons. The van der Waals surface area contributed by atoms with Gasteiger partial charge in [-0.05, 0) is 135 Å². The maximum Gasteiger partial charge on any atom is 0.417 e. The van der Waals surface area contributed by atoms with Gasteiger partial charge in [-0.15, -0.1) is 0 Å². The standard InChI is InChI=1S/C28H29FN6O5.C23H21FN6O3.C19H15ClFN3O3.C9H15N3O2/c1-28(2,3)40-27(39)34-14-19-25(26(34)38)20(12-18(31-19)24-16(13-30)6-4-7-17(24)29)35-11-9-23(32-35)33-10-5-8-21(36)22(37)15-33;24-14-4-1-3-13(10-25)21(14)15-9-17(22-16(27-15)11-26-23(22)33)30-8-6-20(28-30)29-7-2-5-18(31)19(32)12-29;1-19(2,3)27-18(26)24-9-14-16(17(24)25)11(20)7-13(23-14)15-10(8-22)5-4-6-12(15)21;13-7-2-1-5-12(6-8(7)14)9-3-4-10-11-9/h4,6-7,9,11-12,21-22,36-37H,5,8,10,14-15H2,1-3H3;1,3-4,6,8-9,18-19,31-32H,2,5,7,11-12H2,(H,26,33);4-7H,9H2,1-3H3;3-4,7-8,13-14H,1-2,5-6H2,(H,10,11)/t21-,22+;18-,19+;;7-,8+/m00.0/s1. The van der Waals surface area contributed by atoms with Crippen molar-refractivity contribution in [2.75, 3.05) is 54.0 Å². The van der Waals surface area contributed by atoms with Crippen LogP contribution in [0.4, 0.5) is 40.2 Å². The number of nitrogens with one attached hydrogen (secondary N) is 2. The molecule has 5 amide bonds. The third-order valence-electron chi connectivity index (χ3n) is 19.2. The van der Waals surface area contributed by atoms with Gasteiger partial charge in [0, 0.05) is 69.9 Å². The highest BCUT2D eigenvalue weighted by Gasteiger charge is 2.42. The SMILES string of the molecule is CC(C)(C)OC(=O)N1Cc2nc(-c3c(F)cccc3C#N)cc(-n3ccc(N4CCC[C@H](O)[C@H](O)C4)n3)c2C1=O.CC(C)(C)OC(=O)N1Cc2nc(-c3c(F)cccc3C#N)cc(Cl)c2C1=O.N#Cc1cccc(F)c1-c1cc(-n2ccc(N3CCC[C@H](O)[C@H](O)C3)n2)c2c(n1)CNC2=O.O[C@@H]1CN(c2ccn[nH]2)CCC[C@@H]1O. The molecule has 6 aliphatic heterocycles.